The minimum atomic E-state index is -2.19. The number of aliphatic carboxylic acids is 8. The average Bonchev–Trinajstić information content (AvgIpc) is 2.40. The van der Waals surface area contributed by atoms with E-state index in [0.717, 1.165) is 0 Å². The van der Waals surface area contributed by atoms with Crippen LogP contribution in [0.25, 0.3) is 0 Å². The van der Waals surface area contributed by atoms with E-state index in [1.807, 2.05) is 0 Å². The fourth-order valence-electron chi connectivity index (χ4n) is 0. The van der Waals surface area contributed by atoms with Gasteiger partial charge in [-0.1, -0.05) is 0 Å². The fourth-order valence-corrected chi connectivity index (χ4v) is 0. The van der Waals surface area contributed by atoms with E-state index in [4.69, 9.17) is 79.2 Å². The molecule has 140 valence electrons. The normalized spacial score (nSPS) is 6.77. The van der Waals surface area contributed by atoms with Crippen LogP contribution < -0.4 is 71.8 Å². The molecule has 0 aromatic heterocycles. The van der Waals surface area contributed by atoms with Gasteiger partial charge in [0, 0.05) is 31.1 Å². The van der Waals surface area contributed by atoms with Crippen molar-refractivity contribution >= 4 is 47.8 Å². The van der Waals surface area contributed by atoms with E-state index in [-0.39, 0.29) is 82.5 Å². The molecule has 0 aromatic rings. The summed E-state index contributed by atoms with van der Waals surface area (Å²) in [4.78, 5) is 72.1. The standard InChI is InChI=1S/4C2H2O4.K.U/c4*3-1(4)2(5)6;;/h4*(H,3,4)(H,5,6);;/q;;;;+1;/p-4. The summed E-state index contributed by atoms with van der Waals surface area (Å²) in [6.45, 7) is 0. The quantitative estimate of drug-likeness (QED) is 0.142. The molecule has 16 nitrogen and oxygen atoms in total. The predicted molar refractivity (Wildman–Crippen MR) is 50.6 cm³/mol. The van der Waals surface area contributed by atoms with Gasteiger partial charge in [0.25, 0.3) is 0 Å². The molecule has 18 heteroatoms. The van der Waals surface area contributed by atoms with E-state index in [1.54, 1.807) is 0 Å². The van der Waals surface area contributed by atoms with Gasteiger partial charge in [0.1, 0.15) is 0 Å². The molecule has 0 heterocycles. The second kappa shape index (κ2) is 23.4. The maximum Gasteiger partial charge on any atom is 1.00 e. The Labute approximate surface area is 207 Å². The molecule has 4 N–H and O–H groups in total. The van der Waals surface area contributed by atoms with Gasteiger partial charge in [0.05, 0.1) is 23.9 Å². The number of hydrogen-bond acceptors (Lipinski definition) is 12. The molecule has 0 rings (SSSR count). The zero-order valence-electron chi connectivity index (χ0n) is 12.2. The summed E-state index contributed by atoms with van der Waals surface area (Å²) in [6, 6.07) is 0. The number of carboxylic acids is 8. The van der Waals surface area contributed by atoms with Gasteiger partial charge in [-0.2, -0.15) is 0 Å². The third-order valence-electron chi connectivity index (χ3n) is 0.699. The Morgan fingerprint density at radius 2 is 0.500 bits per heavy atom. The number of carboxylic acid groups (broad SMARTS) is 8. The molecule has 0 aromatic carbocycles. The molecule has 26 heavy (non-hydrogen) atoms. The monoisotopic (exact) mass is 633 g/mol. The van der Waals surface area contributed by atoms with Crippen molar-refractivity contribution in [1.82, 2.24) is 0 Å². The smallest absolute Gasteiger partial charge is 0.543 e. The Hall–Kier alpha value is -1.55. The van der Waals surface area contributed by atoms with Gasteiger partial charge in [-0.15, -0.1) is 0 Å². The Bertz CT molecular complexity index is 394. The van der Waals surface area contributed by atoms with E-state index < -0.39 is 47.8 Å². The first kappa shape index (κ1) is 39.5. The van der Waals surface area contributed by atoms with Crippen molar-refractivity contribution in [3.8, 4) is 0 Å². The van der Waals surface area contributed by atoms with Crippen molar-refractivity contribution in [3.05, 3.63) is 0 Å². The van der Waals surface area contributed by atoms with Crippen LogP contribution in [-0.4, -0.2) is 68.2 Å². The first-order chi connectivity index (χ1) is 10.6. The van der Waals surface area contributed by atoms with Crippen molar-refractivity contribution in [2.24, 2.45) is 0 Å². The van der Waals surface area contributed by atoms with E-state index in [0.29, 0.717) is 0 Å². The van der Waals surface area contributed by atoms with Crippen molar-refractivity contribution < 1.29 is 162 Å². The summed E-state index contributed by atoms with van der Waals surface area (Å²) in [5.74, 6) is -16.0. The molecule has 0 aliphatic carbocycles. The first-order valence-corrected chi connectivity index (χ1v) is 4.34. The van der Waals surface area contributed by atoms with Crippen LogP contribution in [-0.2, 0) is 38.4 Å². The van der Waals surface area contributed by atoms with E-state index >= 15 is 0 Å². The van der Waals surface area contributed by atoms with Gasteiger partial charge in [0.15, 0.2) is 0 Å². The largest absolute Gasteiger partial charge is 1.00 e. The van der Waals surface area contributed by atoms with Crippen molar-refractivity contribution in [3.63, 3.8) is 0 Å². The SMILES string of the molecule is O=C(O)C(=O)O.O=C(O)C(=O)O.O=C([O-])C(=O)[O-].O=C([O-])C(=O)[O-].[K+].[U]. The molecular weight excluding hydrogens is 629 g/mol. The summed E-state index contributed by atoms with van der Waals surface area (Å²) < 4.78 is 0. The van der Waals surface area contributed by atoms with Gasteiger partial charge in [-0.05, 0) is 0 Å². The van der Waals surface area contributed by atoms with Crippen LogP contribution >= 0.6 is 0 Å². The fraction of sp³-hybridized carbons (Fsp3) is 0. The Kier molecular flexibility index (Phi) is 35.6. The summed E-state index contributed by atoms with van der Waals surface area (Å²) in [5.41, 5.74) is 0. The van der Waals surface area contributed by atoms with Crippen molar-refractivity contribution in [1.29, 1.82) is 0 Å². The molecule has 0 amide bonds. The molecular formula is C8H4KO16U-3. The summed E-state index contributed by atoms with van der Waals surface area (Å²) >= 11 is 0. The third-order valence-corrected chi connectivity index (χ3v) is 0.699. The summed E-state index contributed by atoms with van der Waals surface area (Å²) in [6.07, 6.45) is 0. The van der Waals surface area contributed by atoms with Crippen LogP contribution in [0.1, 0.15) is 0 Å². The molecule has 0 atom stereocenters. The molecule has 0 bridgehead atoms. The minimum absolute atomic E-state index is 0. The number of hydrogen-bond donors (Lipinski definition) is 4. The molecule has 0 spiro atoms. The molecule has 0 saturated carbocycles. The number of rotatable bonds is 0. The number of carbonyl (C=O) groups excluding carboxylic acids is 4. The number of carbonyl (C=O) groups is 8. The van der Waals surface area contributed by atoms with Gasteiger partial charge in [0.2, 0.25) is 0 Å². The van der Waals surface area contributed by atoms with E-state index in [1.165, 1.54) is 0 Å². The second-order valence-corrected chi connectivity index (χ2v) is 2.37. The topological polar surface area (TPSA) is 310 Å². The van der Waals surface area contributed by atoms with Crippen LogP contribution in [0.4, 0.5) is 0 Å². The zero-order valence-corrected chi connectivity index (χ0v) is 19.5. The molecule has 0 saturated heterocycles. The molecule has 0 radical (unpaired) electrons. The molecule has 0 aliphatic rings. The minimum Gasteiger partial charge on any atom is -0.543 e. The summed E-state index contributed by atoms with van der Waals surface area (Å²) in [5, 5.41) is 65.3. The van der Waals surface area contributed by atoms with Crippen molar-refractivity contribution in [2.45, 2.75) is 0 Å². The van der Waals surface area contributed by atoms with Crippen LogP contribution in [0.15, 0.2) is 0 Å². The van der Waals surface area contributed by atoms with E-state index in [2.05, 4.69) is 0 Å². The molecule has 0 unspecified atom stereocenters. The second-order valence-electron chi connectivity index (χ2n) is 2.37. The average molecular weight is 633 g/mol. The van der Waals surface area contributed by atoms with Gasteiger partial charge in [-0.25, -0.2) is 19.2 Å². The first-order valence-electron chi connectivity index (χ1n) is 4.34. The van der Waals surface area contributed by atoms with Crippen LogP contribution in [0, 0.1) is 31.1 Å². The van der Waals surface area contributed by atoms with Crippen LogP contribution in [0.5, 0.6) is 0 Å². The predicted octanol–water partition coefficient (Wildman–Crippen LogP) is -11.7. The summed E-state index contributed by atoms with van der Waals surface area (Å²) in [7, 11) is 0. The zero-order chi connectivity index (χ0) is 20.6. The van der Waals surface area contributed by atoms with Gasteiger partial charge < -0.3 is 60.0 Å². The van der Waals surface area contributed by atoms with E-state index in [9.17, 15) is 0 Å². The van der Waals surface area contributed by atoms with Crippen LogP contribution in [0.2, 0.25) is 0 Å². The maximum atomic E-state index is 9.10. The molecule has 0 aliphatic heterocycles. The Morgan fingerprint density at radius 1 is 0.423 bits per heavy atom. The van der Waals surface area contributed by atoms with Crippen molar-refractivity contribution in [2.75, 3.05) is 0 Å². The molecule has 0 fully saturated rings. The van der Waals surface area contributed by atoms with Crippen LogP contribution in [0.3, 0.4) is 0 Å². The van der Waals surface area contributed by atoms with Gasteiger partial charge in [-0.3, -0.25) is 0 Å². The Balaban J connectivity index is -0.0000000500. The Morgan fingerprint density at radius 3 is 0.500 bits per heavy atom. The maximum absolute atomic E-state index is 9.10. The van der Waals surface area contributed by atoms with Gasteiger partial charge >= 0.3 is 75.3 Å². The third kappa shape index (κ3) is 49.5.